The molecule has 1 aliphatic rings. The average Bonchev–Trinajstić information content (AvgIpc) is 3.09. The smallest absolute Gasteiger partial charge is 0.134 e. The van der Waals surface area contributed by atoms with E-state index < -0.39 is 0 Å². The Kier molecular flexibility index (Phi) is 3.47. The molecule has 0 atom stereocenters. The molecule has 0 spiro atoms. The molecule has 1 aromatic heterocycles. The van der Waals surface area contributed by atoms with Gasteiger partial charge in [-0.1, -0.05) is 43.2 Å². The summed E-state index contributed by atoms with van der Waals surface area (Å²) in [7, 11) is 0. The van der Waals surface area contributed by atoms with E-state index >= 15 is 0 Å². The van der Waals surface area contributed by atoms with E-state index in [-0.39, 0.29) is 0 Å². The predicted molar refractivity (Wildman–Crippen MR) is 73.2 cm³/mol. The molecule has 1 aromatic carbocycles. The Morgan fingerprint density at radius 2 is 1.78 bits per heavy atom. The second-order valence-electron chi connectivity index (χ2n) is 4.99. The lowest BCUT2D eigenvalue weighted by Gasteiger charge is -2.09. The molecule has 3 rings (SSSR count). The molecule has 0 aliphatic heterocycles. The fraction of sp³-hybridized carbons (Fsp3) is 0.375. The van der Waals surface area contributed by atoms with Gasteiger partial charge < -0.3 is 9.73 Å². The highest BCUT2D eigenvalue weighted by molar-refractivity contribution is 5.57. The number of furan rings is 1. The standard InChI is InChI=1S/C16H19NO/c1-2-6-13(7-3-1)16-11-10-15(18-16)12-17-14-8-4-5-9-14/h1-3,6-7,10-11,14,17H,4-5,8-9,12H2. The average molecular weight is 241 g/mol. The first kappa shape index (κ1) is 11.5. The molecule has 0 bridgehead atoms. The van der Waals surface area contributed by atoms with Crippen LogP contribution in [0.5, 0.6) is 0 Å². The van der Waals surface area contributed by atoms with E-state index in [1.54, 1.807) is 0 Å². The maximum Gasteiger partial charge on any atom is 0.134 e. The Balaban J connectivity index is 1.63. The maximum absolute atomic E-state index is 5.87. The second-order valence-corrected chi connectivity index (χ2v) is 4.99. The SMILES string of the molecule is c1ccc(-c2ccc(CNC3CCCC3)o2)cc1. The largest absolute Gasteiger partial charge is 0.460 e. The first-order valence-electron chi connectivity index (χ1n) is 6.79. The van der Waals surface area contributed by atoms with Gasteiger partial charge in [-0.3, -0.25) is 0 Å². The van der Waals surface area contributed by atoms with E-state index in [2.05, 4.69) is 29.6 Å². The van der Waals surface area contributed by atoms with Gasteiger partial charge in [-0.15, -0.1) is 0 Å². The topological polar surface area (TPSA) is 25.2 Å². The minimum atomic E-state index is 0.690. The van der Waals surface area contributed by atoms with Crippen molar-refractivity contribution in [2.45, 2.75) is 38.3 Å². The van der Waals surface area contributed by atoms with E-state index in [0.29, 0.717) is 6.04 Å². The molecule has 0 amide bonds. The van der Waals surface area contributed by atoms with Crippen LogP contribution in [-0.4, -0.2) is 6.04 Å². The van der Waals surface area contributed by atoms with Gasteiger partial charge >= 0.3 is 0 Å². The summed E-state index contributed by atoms with van der Waals surface area (Å²) >= 11 is 0. The van der Waals surface area contributed by atoms with Crippen molar-refractivity contribution in [3.63, 3.8) is 0 Å². The normalized spacial score (nSPS) is 16.2. The first-order valence-corrected chi connectivity index (χ1v) is 6.79. The quantitative estimate of drug-likeness (QED) is 0.876. The molecule has 1 saturated carbocycles. The third-order valence-electron chi connectivity index (χ3n) is 3.64. The van der Waals surface area contributed by atoms with Gasteiger partial charge in [0.1, 0.15) is 11.5 Å². The van der Waals surface area contributed by atoms with Crippen molar-refractivity contribution >= 4 is 0 Å². The van der Waals surface area contributed by atoms with Crippen molar-refractivity contribution < 1.29 is 4.42 Å². The van der Waals surface area contributed by atoms with Crippen LogP contribution in [0.15, 0.2) is 46.9 Å². The van der Waals surface area contributed by atoms with Crippen LogP contribution < -0.4 is 5.32 Å². The van der Waals surface area contributed by atoms with Gasteiger partial charge in [-0.25, -0.2) is 0 Å². The van der Waals surface area contributed by atoms with Crippen LogP contribution in [-0.2, 0) is 6.54 Å². The number of hydrogen-bond donors (Lipinski definition) is 1. The predicted octanol–water partition coefficient (Wildman–Crippen LogP) is 3.98. The van der Waals surface area contributed by atoms with Gasteiger partial charge in [0.15, 0.2) is 0 Å². The molecule has 2 heteroatoms. The van der Waals surface area contributed by atoms with Gasteiger partial charge in [0.2, 0.25) is 0 Å². The molecular weight excluding hydrogens is 222 g/mol. The summed E-state index contributed by atoms with van der Waals surface area (Å²) in [6.45, 7) is 0.845. The molecule has 2 nitrogen and oxygen atoms in total. The molecule has 2 aromatic rings. The minimum absolute atomic E-state index is 0.690. The molecule has 0 radical (unpaired) electrons. The van der Waals surface area contributed by atoms with Gasteiger partial charge in [-0.2, -0.15) is 0 Å². The summed E-state index contributed by atoms with van der Waals surface area (Å²) in [6.07, 6.45) is 5.36. The highest BCUT2D eigenvalue weighted by Crippen LogP contribution is 2.22. The van der Waals surface area contributed by atoms with E-state index in [0.717, 1.165) is 23.6 Å². The van der Waals surface area contributed by atoms with Crippen LogP contribution in [0.1, 0.15) is 31.4 Å². The fourth-order valence-electron chi connectivity index (χ4n) is 2.61. The van der Waals surface area contributed by atoms with Crippen LogP contribution in [0, 0.1) is 0 Å². The Hall–Kier alpha value is -1.54. The van der Waals surface area contributed by atoms with Crippen molar-refractivity contribution in [2.75, 3.05) is 0 Å². The molecule has 1 N–H and O–H groups in total. The summed E-state index contributed by atoms with van der Waals surface area (Å²) < 4.78 is 5.87. The molecular formula is C16H19NO. The summed E-state index contributed by atoms with van der Waals surface area (Å²) in [6, 6.07) is 15.1. The lowest BCUT2D eigenvalue weighted by molar-refractivity contribution is 0.452. The zero-order valence-corrected chi connectivity index (χ0v) is 10.6. The van der Waals surface area contributed by atoms with E-state index in [9.17, 15) is 0 Å². The van der Waals surface area contributed by atoms with Crippen LogP contribution in [0.3, 0.4) is 0 Å². The van der Waals surface area contributed by atoms with Crippen LogP contribution >= 0.6 is 0 Å². The van der Waals surface area contributed by atoms with Gasteiger partial charge in [0, 0.05) is 11.6 Å². The van der Waals surface area contributed by atoms with Crippen molar-refractivity contribution in [2.24, 2.45) is 0 Å². The zero-order valence-electron chi connectivity index (χ0n) is 10.6. The lowest BCUT2D eigenvalue weighted by atomic mass is 10.2. The van der Waals surface area contributed by atoms with Crippen molar-refractivity contribution in [3.8, 4) is 11.3 Å². The van der Waals surface area contributed by atoms with Gasteiger partial charge in [0.25, 0.3) is 0 Å². The Bertz CT molecular complexity index is 483. The van der Waals surface area contributed by atoms with Gasteiger partial charge in [0.05, 0.1) is 6.54 Å². The van der Waals surface area contributed by atoms with E-state index in [1.807, 2.05) is 18.2 Å². The van der Waals surface area contributed by atoms with Crippen molar-refractivity contribution in [3.05, 3.63) is 48.2 Å². The fourth-order valence-corrected chi connectivity index (χ4v) is 2.61. The highest BCUT2D eigenvalue weighted by Gasteiger charge is 2.14. The van der Waals surface area contributed by atoms with Crippen molar-refractivity contribution in [1.82, 2.24) is 5.32 Å². The van der Waals surface area contributed by atoms with Gasteiger partial charge in [-0.05, 0) is 25.0 Å². The Morgan fingerprint density at radius 3 is 2.56 bits per heavy atom. The van der Waals surface area contributed by atoms with E-state index in [1.165, 1.54) is 25.7 Å². The Labute approximate surface area is 108 Å². The molecule has 1 fully saturated rings. The molecule has 0 unspecified atom stereocenters. The summed E-state index contributed by atoms with van der Waals surface area (Å²) in [4.78, 5) is 0. The lowest BCUT2D eigenvalue weighted by Crippen LogP contribution is -2.24. The molecule has 1 heterocycles. The summed E-state index contributed by atoms with van der Waals surface area (Å²) in [5.41, 5.74) is 1.14. The third kappa shape index (κ3) is 2.65. The third-order valence-corrected chi connectivity index (χ3v) is 3.64. The summed E-state index contributed by atoms with van der Waals surface area (Å²) in [5, 5.41) is 3.57. The van der Waals surface area contributed by atoms with E-state index in [4.69, 9.17) is 4.42 Å². The monoisotopic (exact) mass is 241 g/mol. The highest BCUT2D eigenvalue weighted by atomic mass is 16.3. The minimum Gasteiger partial charge on any atom is -0.460 e. The number of rotatable bonds is 4. The summed E-state index contributed by atoms with van der Waals surface area (Å²) in [5.74, 6) is 1.99. The maximum atomic E-state index is 5.87. The number of hydrogen-bond acceptors (Lipinski definition) is 2. The number of nitrogens with one attached hydrogen (secondary N) is 1. The molecule has 18 heavy (non-hydrogen) atoms. The Morgan fingerprint density at radius 1 is 1.00 bits per heavy atom. The molecule has 94 valence electrons. The second kappa shape index (κ2) is 5.40. The molecule has 0 saturated heterocycles. The van der Waals surface area contributed by atoms with Crippen LogP contribution in [0.2, 0.25) is 0 Å². The van der Waals surface area contributed by atoms with Crippen LogP contribution in [0.25, 0.3) is 11.3 Å². The van der Waals surface area contributed by atoms with Crippen molar-refractivity contribution in [1.29, 1.82) is 0 Å². The zero-order chi connectivity index (χ0) is 12.2. The van der Waals surface area contributed by atoms with Crippen LogP contribution in [0.4, 0.5) is 0 Å². The first-order chi connectivity index (χ1) is 8.92. The number of benzene rings is 1. The molecule has 1 aliphatic carbocycles.